The van der Waals surface area contributed by atoms with E-state index in [0.717, 1.165) is 38.5 Å². The summed E-state index contributed by atoms with van der Waals surface area (Å²) in [6.45, 7) is 3.85. The molecule has 152 valence electrons. The Balaban J connectivity index is 1.37. The van der Waals surface area contributed by atoms with Gasteiger partial charge in [-0.25, -0.2) is 14.6 Å². The van der Waals surface area contributed by atoms with Crippen molar-refractivity contribution in [2.24, 2.45) is 0 Å². The molecule has 6 nitrogen and oxygen atoms in total. The summed E-state index contributed by atoms with van der Waals surface area (Å²) in [5.41, 5.74) is 4.81. The van der Waals surface area contributed by atoms with Crippen LogP contribution in [0, 0.1) is 13.8 Å². The Morgan fingerprint density at radius 1 is 0.968 bits per heavy atom. The third-order valence-corrected chi connectivity index (χ3v) is 5.89. The molecule has 1 amide bonds. The van der Waals surface area contributed by atoms with Crippen molar-refractivity contribution in [3.05, 3.63) is 88.5 Å². The van der Waals surface area contributed by atoms with E-state index < -0.39 is 0 Å². The Labute approximate surface area is 183 Å². The molecule has 7 heteroatoms. The number of fused-ring (bicyclic) bond motifs is 1. The lowest BCUT2D eigenvalue weighted by Crippen LogP contribution is -2.13. The molecule has 3 heterocycles. The zero-order chi connectivity index (χ0) is 21.4. The average Bonchev–Trinajstić information content (AvgIpc) is 3.39. The highest BCUT2D eigenvalue weighted by molar-refractivity contribution is 7.09. The predicted molar refractivity (Wildman–Crippen MR) is 124 cm³/mol. The first-order valence-electron chi connectivity index (χ1n) is 9.83. The van der Waals surface area contributed by atoms with Gasteiger partial charge in [0, 0.05) is 22.0 Å². The molecule has 31 heavy (non-hydrogen) atoms. The molecule has 0 bridgehead atoms. The lowest BCUT2D eigenvalue weighted by molar-refractivity contribution is 0.102. The van der Waals surface area contributed by atoms with Crippen molar-refractivity contribution in [2.45, 2.75) is 13.8 Å². The van der Waals surface area contributed by atoms with E-state index in [0.29, 0.717) is 11.4 Å². The predicted octanol–water partition coefficient (Wildman–Crippen LogP) is 5.41. The molecule has 0 saturated carbocycles. The topological polar surface area (TPSA) is 72.7 Å². The second-order valence-corrected chi connectivity index (χ2v) is 8.26. The average molecular weight is 426 g/mol. The van der Waals surface area contributed by atoms with Gasteiger partial charge in [-0.05, 0) is 44.2 Å². The number of nitrogens with zero attached hydrogens (tertiary/aromatic N) is 4. The van der Waals surface area contributed by atoms with Crippen LogP contribution in [0.2, 0.25) is 0 Å². The van der Waals surface area contributed by atoms with Crippen LogP contribution >= 0.6 is 11.3 Å². The fourth-order valence-corrected chi connectivity index (χ4v) is 4.08. The van der Waals surface area contributed by atoms with Crippen LogP contribution in [0.15, 0.2) is 72.2 Å². The van der Waals surface area contributed by atoms with Gasteiger partial charge in [0.05, 0.1) is 33.7 Å². The van der Waals surface area contributed by atoms with Gasteiger partial charge in [0.2, 0.25) is 0 Å². The minimum Gasteiger partial charge on any atom is -0.322 e. The van der Waals surface area contributed by atoms with Crippen molar-refractivity contribution in [3.63, 3.8) is 0 Å². The maximum Gasteiger partial charge on any atom is 0.259 e. The minimum absolute atomic E-state index is 0.207. The third-order valence-electron chi connectivity index (χ3n) is 5.11. The molecular weight excluding hydrogens is 406 g/mol. The van der Waals surface area contributed by atoms with Crippen molar-refractivity contribution < 1.29 is 4.79 Å². The fourth-order valence-electron chi connectivity index (χ4n) is 3.46. The monoisotopic (exact) mass is 425 g/mol. The van der Waals surface area contributed by atoms with Gasteiger partial charge < -0.3 is 5.32 Å². The second kappa shape index (κ2) is 7.77. The van der Waals surface area contributed by atoms with Crippen LogP contribution in [-0.4, -0.2) is 25.7 Å². The van der Waals surface area contributed by atoms with E-state index >= 15 is 0 Å². The summed E-state index contributed by atoms with van der Waals surface area (Å²) >= 11 is 1.62. The van der Waals surface area contributed by atoms with E-state index in [2.05, 4.69) is 20.4 Å². The van der Waals surface area contributed by atoms with Gasteiger partial charge >= 0.3 is 0 Å². The van der Waals surface area contributed by atoms with Crippen LogP contribution in [0.25, 0.3) is 28.0 Å². The van der Waals surface area contributed by atoms with Gasteiger partial charge in [-0.2, -0.15) is 5.10 Å². The standard InChI is InChI=1S/C24H19N5OS/c1-15-20(13-25-29(15)23-12-9-17-5-3-4-6-21(17)28-23)24(30)27-19-10-7-18(8-11-19)22-14-31-16(2)26-22/h3-14H,1-2H3,(H,27,30). The molecule has 0 aliphatic rings. The molecule has 0 saturated heterocycles. The maximum absolute atomic E-state index is 12.9. The number of aryl methyl sites for hydroxylation is 1. The number of hydrogen-bond donors (Lipinski definition) is 1. The van der Waals surface area contributed by atoms with Crippen molar-refractivity contribution in [2.75, 3.05) is 5.32 Å². The molecule has 1 N–H and O–H groups in total. The van der Waals surface area contributed by atoms with Crippen LogP contribution in [0.5, 0.6) is 0 Å². The summed E-state index contributed by atoms with van der Waals surface area (Å²) in [5, 5.41) is 11.5. The Kier molecular flexibility index (Phi) is 4.80. The molecule has 2 aromatic carbocycles. The van der Waals surface area contributed by atoms with E-state index in [4.69, 9.17) is 0 Å². The van der Waals surface area contributed by atoms with Crippen molar-refractivity contribution in [1.29, 1.82) is 0 Å². The summed E-state index contributed by atoms with van der Waals surface area (Å²) in [6, 6.07) is 19.5. The first kappa shape index (κ1) is 19.1. The maximum atomic E-state index is 12.9. The van der Waals surface area contributed by atoms with Gasteiger partial charge in [-0.3, -0.25) is 4.79 Å². The highest BCUT2D eigenvalue weighted by Crippen LogP contribution is 2.24. The molecule has 0 unspecified atom stereocenters. The van der Waals surface area contributed by atoms with Gasteiger partial charge in [-0.15, -0.1) is 11.3 Å². The van der Waals surface area contributed by atoms with Crippen LogP contribution < -0.4 is 5.32 Å². The molecule has 0 fully saturated rings. The summed E-state index contributed by atoms with van der Waals surface area (Å²) in [4.78, 5) is 22.0. The highest BCUT2D eigenvalue weighted by atomic mass is 32.1. The number of amides is 1. The Morgan fingerprint density at radius 3 is 2.55 bits per heavy atom. The Hall–Kier alpha value is -3.84. The zero-order valence-electron chi connectivity index (χ0n) is 17.0. The Bertz CT molecular complexity index is 1400. The minimum atomic E-state index is -0.207. The normalized spacial score (nSPS) is 11.0. The summed E-state index contributed by atoms with van der Waals surface area (Å²) < 4.78 is 1.69. The lowest BCUT2D eigenvalue weighted by Gasteiger charge is -2.07. The molecule has 0 aliphatic heterocycles. The summed E-state index contributed by atoms with van der Waals surface area (Å²) in [5.74, 6) is 0.472. The molecule has 0 spiro atoms. The summed E-state index contributed by atoms with van der Waals surface area (Å²) in [6.07, 6.45) is 1.58. The Morgan fingerprint density at radius 2 is 1.77 bits per heavy atom. The molecule has 3 aromatic heterocycles. The van der Waals surface area contributed by atoms with Gasteiger partial charge in [0.1, 0.15) is 0 Å². The number of nitrogens with one attached hydrogen (secondary N) is 1. The van der Waals surface area contributed by atoms with Gasteiger partial charge in [-0.1, -0.05) is 30.3 Å². The number of thiazole rings is 1. The number of carbonyl (C=O) groups excluding carboxylic acids is 1. The van der Waals surface area contributed by atoms with Crippen LogP contribution in [-0.2, 0) is 0 Å². The quantitative estimate of drug-likeness (QED) is 0.418. The molecule has 0 aliphatic carbocycles. The fraction of sp³-hybridized carbons (Fsp3) is 0.0833. The van der Waals surface area contributed by atoms with Crippen molar-refractivity contribution >= 4 is 33.8 Å². The van der Waals surface area contributed by atoms with E-state index in [1.54, 1.807) is 22.2 Å². The molecule has 0 radical (unpaired) electrons. The molecular formula is C24H19N5OS. The largest absolute Gasteiger partial charge is 0.322 e. The van der Waals surface area contributed by atoms with Crippen LogP contribution in [0.3, 0.4) is 0 Å². The second-order valence-electron chi connectivity index (χ2n) is 7.20. The van der Waals surface area contributed by atoms with Gasteiger partial charge in [0.15, 0.2) is 5.82 Å². The first-order valence-corrected chi connectivity index (χ1v) is 10.7. The van der Waals surface area contributed by atoms with Crippen molar-refractivity contribution in [3.8, 4) is 17.1 Å². The molecule has 0 atom stereocenters. The number of anilines is 1. The van der Waals surface area contributed by atoms with E-state index in [9.17, 15) is 4.79 Å². The third kappa shape index (κ3) is 3.71. The van der Waals surface area contributed by atoms with Crippen LogP contribution in [0.1, 0.15) is 21.1 Å². The molecule has 5 aromatic rings. The number of rotatable bonds is 4. The number of para-hydroxylation sites is 1. The number of carbonyl (C=O) groups is 1. The number of hydrogen-bond acceptors (Lipinski definition) is 5. The first-order chi connectivity index (χ1) is 15.1. The number of benzene rings is 2. The lowest BCUT2D eigenvalue weighted by atomic mass is 10.1. The van der Waals surface area contributed by atoms with Crippen LogP contribution in [0.4, 0.5) is 5.69 Å². The smallest absolute Gasteiger partial charge is 0.259 e. The zero-order valence-corrected chi connectivity index (χ0v) is 17.9. The highest BCUT2D eigenvalue weighted by Gasteiger charge is 2.16. The molecule has 5 rings (SSSR count). The van der Waals surface area contributed by atoms with E-state index in [1.165, 1.54) is 0 Å². The van der Waals surface area contributed by atoms with Crippen molar-refractivity contribution in [1.82, 2.24) is 19.7 Å². The number of aromatic nitrogens is 4. The SMILES string of the molecule is Cc1nc(-c2ccc(NC(=O)c3cnn(-c4ccc5ccccc5n4)c3C)cc2)cs1. The van der Waals surface area contributed by atoms with Gasteiger partial charge in [0.25, 0.3) is 5.91 Å². The van der Waals surface area contributed by atoms with E-state index in [-0.39, 0.29) is 5.91 Å². The van der Waals surface area contributed by atoms with E-state index in [1.807, 2.05) is 79.9 Å². The summed E-state index contributed by atoms with van der Waals surface area (Å²) in [7, 11) is 0. The number of pyridine rings is 1.